The molecule has 1 aliphatic carbocycles. The third-order valence-electron chi connectivity index (χ3n) is 6.50. The summed E-state index contributed by atoms with van der Waals surface area (Å²) in [6.07, 6.45) is -0.461. The average molecular weight is 456 g/mol. The molecule has 5 rings (SSSR count). The summed E-state index contributed by atoms with van der Waals surface area (Å²) in [7, 11) is 0. The fraction of sp³-hybridized carbons (Fsp3) is 0.214. The van der Waals surface area contributed by atoms with Crippen LogP contribution in [0.4, 0.5) is 4.79 Å². The Morgan fingerprint density at radius 2 is 1.64 bits per heavy atom. The number of fused-ring (bicyclic) bond motifs is 4. The van der Waals surface area contributed by atoms with Crippen molar-refractivity contribution >= 4 is 33.3 Å². The predicted octanol–water partition coefficient (Wildman–Crippen LogP) is 6.74. The van der Waals surface area contributed by atoms with Crippen molar-refractivity contribution in [1.82, 2.24) is 4.90 Å². The second-order valence-electron chi connectivity index (χ2n) is 8.30. The fourth-order valence-electron chi connectivity index (χ4n) is 4.74. The van der Waals surface area contributed by atoms with Crippen LogP contribution in [0.5, 0.6) is 0 Å². The van der Waals surface area contributed by atoms with Gasteiger partial charge < -0.3 is 4.74 Å². The summed E-state index contributed by atoms with van der Waals surface area (Å²) in [6.45, 7) is 4.27. The van der Waals surface area contributed by atoms with Gasteiger partial charge in [-0.3, -0.25) is 9.69 Å². The molecule has 0 bridgehead atoms. The zero-order valence-electron chi connectivity index (χ0n) is 18.7. The lowest BCUT2D eigenvalue weighted by atomic mass is 9.98. The van der Waals surface area contributed by atoms with Gasteiger partial charge in [0.15, 0.2) is 5.78 Å². The largest absolute Gasteiger partial charge is 0.448 e. The monoisotopic (exact) mass is 455 g/mol. The van der Waals surface area contributed by atoms with Crippen molar-refractivity contribution in [2.24, 2.45) is 0 Å². The number of amides is 1. The first-order valence-electron chi connectivity index (χ1n) is 11.2. The van der Waals surface area contributed by atoms with Crippen molar-refractivity contribution in [2.45, 2.75) is 25.8 Å². The molecule has 1 aliphatic rings. The van der Waals surface area contributed by atoms with Crippen molar-refractivity contribution in [3.05, 3.63) is 94.9 Å². The molecule has 0 radical (unpaired) electrons. The van der Waals surface area contributed by atoms with Gasteiger partial charge in [-0.15, -0.1) is 11.3 Å². The molecule has 0 saturated carbocycles. The van der Waals surface area contributed by atoms with Gasteiger partial charge in [0.2, 0.25) is 0 Å². The molecule has 5 heteroatoms. The predicted molar refractivity (Wildman–Crippen MR) is 133 cm³/mol. The van der Waals surface area contributed by atoms with Crippen molar-refractivity contribution in [2.75, 3.05) is 13.2 Å². The van der Waals surface area contributed by atoms with E-state index in [2.05, 4.69) is 24.3 Å². The number of likely N-dealkylation sites (N-methyl/N-ethyl adjacent to an activating group) is 1. The number of benzene rings is 3. The van der Waals surface area contributed by atoms with E-state index in [-0.39, 0.29) is 18.3 Å². The maximum absolute atomic E-state index is 13.2. The lowest BCUT2D eigenvalue weighted by Crippen LogP contribution is -2.43. The minimum absolute atomic E-state index is 0.00735. The van der Waals surface area contributed by atoms with Crippen molar-refractivity contribution in [3.8, 4) is 11.1 Å². The second kappa shape index (κ2) is 8.83. The highest BCUT2D eigenvalue weighted by molar-refractivity contribution is 7.17. The maximum atomic E-state index is 13.2. The molecule has 1 atom stereocenters. The Kier molecular flexibility index (Phi) is 5.73. The molecule has 0 fully saturated rings. The van der Waals surface area contributed by atoms with Crippen LogP contribution in [-0.2, 0) is 4.74 Å². The highest BCUT2D eigenvalue weighted by Crippen LogP contribution is 2.44. The van der Waals surface area contributed by atoms with Crippen LogP contribution < -0.4 is 0 Å². The smallest absolute Gasteiger partial charge is 0.410 e. The van der Waals surface area contributed by atoms with Gasteiger partial charge in [-0.05, 0) is 71.1 Å². The molecule has 1 aromatic heterocycles. The Hall–Kier alpha value is -3.44. The van der Waals surface area contributed by atoms with Crippen LogP contribution in [0.3, 0.4) is 0 Å². The van der Waals surface area contributed by atoms with Crippen molar-refractivity contribution in [3.63, 3.8) is 0 Å². The summed E-state index contributed by atoms with van der Waals surface area (Å²) >= 11 is 1.64. The first-order valence-corrected chi connectivity index (χ1v) is 12.1. The molecular formula is C28H25NO3S. The molecule has 1 unspecified atom stereocenters. The zero-order chi connectivity index (χ0) is 22.9. The van der Waals surface area contributed by atoms with E-state index in [1.807, 2.05) is 60.8 Å². The number of ketones is 1. The third-order valence-corrected chi connectivity index (χ3v) is 7.39. The van der Waals surface area contributed by atoms with Crippen molar-refractivity contribution in [1.29, 1.82) is 0 Å². The molecule has 4 aromatic rings. The molecule has 0 aliphatic heterocycles. The number of nitrogens with zero attached hydrogens (tertiary/aromatic N) is 1. The van der Waals surface area contributed by atoms with Gasteiger partial charge in [0.05, 0.1) is 6.04 Å². The lowest BCUT2D eigenvalue weighted by molar-refractivity contribution is 0.0707. The van der Waals surface area contributed by atoms with E-state index in [1.165, 1.54) is 27.2 Å². The molecule has 4 nitrogen and oxygen atoms in total. The number of hydrogen-bond donors (Lipinski definition) is 0. The molecule has 1 amide bonds. The van der Waals surface area contributed by atoms with Crippen LogP contribution in [0.25, 0.3) is 21.2 Å². The number of thiophene rings is 1. The van der Waals surface area contributed by atoms with E-state index in [9.17, 15) is 9.59 Å². The highest BCUT2D eigenvalue weighted by atomic mass is 32.1. The molecule has 33 heavy (non-hydrogen) atoms. The van der Waals surface area contributed by atoms with Gasteiger partial charge in [-0.25, -0.2) is 4.79 Å². The maximum Gasteiger partial charge on any atom is 0.410 e. The normalized spacial score (nSPS) is 13.4. The summed E-state index contributed by atoms with van der Waals surface area (Å²) in [6, 6.07) is 23.6. The lowest BCUT2D eigenvalue weighted by Gasteiger charge is -2.27. The molecule has 0 spiro atoms. The van der Waals surface area contributed by atoms with Gasteiger partial charge in [-0.1, -0.05) is 48.5 Å². The summed E-state index contributed by atoms with van der Waals surface area (Å²) in [5.41, 5.74) is 5.33. The van der Waals surface area contributed by atoms with E-state index in [1.54, 1.807) is 18.3 Å². The minimum atomic E-state index is -0.610. The number of carbonyl (C=O) groups excluding carboxylic acids is 2. The summed E-state index contributed by atoms with van der Waals surface area (Å²) in [5, 5.41) is 3.06. The molecule has 3 aromatic carbocycles. The van der Waals surface area contributed by atoms with Crippen molar-refractivity contribution < 1.29 is 14.3 Å². The van der Waals surface area contributed by atoms with Crippen LogP contribution in [0.15, 0.2) is 78.2 Å². The number of ether oxygens (including phenoxy) is 1. The number of carbonyl (C=O) groups is 2. The SMILES string of the molecule is CCN(C(=O)OCC1c2ccccc2-c2ccccc21)C(C)C(=O)c1ccc2sccc2c1. The second-order valence-corrected chi connectivity index (χ2v) is 9.25. The van der Waals surface area contributed by atoms with Gasteiger partial charge in [0.1, 0.15) is 6.61 Å². The van der Waals surface area contributed by atoms with E-state index < -0.39 is 12.1 Å². The quantitative estimate of drug-likeness (QED) is 0.302. The Balaban J connectivity index is 1.32. The molecule has 1 heterocycles. The van der Waals surface area contributed by atoms with Gasteiger partial charge in [0, 0.05) is 22.7 Å². The number of Topliss-reactive ketones (excluding diaryl/α,β-unsaturated/α-hetero) is 1. The van der Waals surface area contributed by atoms with Crippen LogP contribution in [-0.4, -0.2) is 36.0 Å². The standard InChI is InChI=1S/C28H25NO3S/c1-3-29(18(2)27(30)20-12-13-26-19(16-20)14-15-33-26)28(31)32-17-25-23-10-6-4-8-21(23)22-9-5-7-11-24(22)25/h4-16,18,25H,3,17H2,1-2H3. The topological polar surface area (TPSA) is 46.6 Å². The minimum Gasteiger partial charge on any atom is -0.448 e. The van der Waals surface area contributed by atoms with Crippen LogP contribution in [0.2, 0.25) is 0 Å². The highest BCUT2D eigenvalue weighted by Gasteiger charge is 2.31. The Morgan fingerprint density at radius 3 is 2.30 bits per heavy atom. The third kappa shape index (κ3) is 3.83. The molecule has 166 valence electrons. The van der Waals surface area contributed by atoms with E-state index in [0.717, 1.165) is 10.1 Å². The van der Waals surface area contributed by atoms with Gasteiger partial charge in [-0.2, -0.15) is 0 Å². The van der Waals surface area contributed by atoms with E-state index in [4.69, 9.17) is 4.74 Å². The average Bonchev–Trinajstić information content (AvgIpc) is 3.44. The summed E-state index contributed by atoms with van der Waals surface area (Å²) in [5.74, 6) is -0.0921. The van der Waals surface area contributed by atoms with E-state index >= 15 is 0 Å². The zero-order valence-corrected chi connectivity index (χ0v) is 19.5. The molecule has 0 saturated heterocycles. The summed E-state index contributed by atoms with van der Waals surface area (Å²) < 4.78 is 6.94. The molecule has 0 N–H and O–H groups in total. The van der Waals surface area contributed by atoms with Crippen LogP contribution in [0, 0.1) is 0 Å². The fourth-order valence-corrected chi connectivity index (χ4v) is 5.51. The van der Waals surface area contributed by atoms with Crippen LogP contribution >= 0.6 is 11.3 Å². The Labute approximate surface area is 197 Å². The first-order chi connectivity index (χ1) is 16.1. The van der Waals surface area contributed by atoms with Crippen LogP contribution in [0.1, 0.15) is 41.3 Å². The number of rotatable bonds is 6. The molecular weight excluding hydrogens is 430 g/mol. The Morgan fingerprint density at radius 1 is 0.970 bits per heavy atom. The van der Waals surface area contributed by atoms with Gasteiger partial charge in [0.25, 0.3) is 0 Å². The first kappa shape index (κ1) is 21.4. The van der Waals surface area contributed by atoms with E-state index in [0.29, 0.717) is 12.1 Å². The number of hydrogen-bond acceptors (Lipinski definition) is 4. The Bertz CT molecular complexity index is 1300. The van der Waals surface area contributed by atoms with Gasteiger partial charge >= 0.3 is 6.09 Å². The summed E-state index contributed by atoms with van der Waals surface area (Å²) in [4.78, 5) is 27.7.